The SMILES string of the molecule is CC(=O)Nc1cccc(N(CCC(=O)OC(C)C)CCC(=O)OC(C)C)c1. The van der Waals surface area contributed by atoms with Crippen molar-refractivity contribution < 1.29 is 23.9 Å². The number of rotatable bonds is 10. The highest BCUT2D eigenvalue weighted by molar-refractivity contribution is 5.89. The minimum absolute atomic E-state index is 0.167. The van der Waals surface area contributed by atoms with Gasteiger partial charge in [0.25, 0.3) is 0 Å². The first-order chi connectivity index (χ1) is 12.7. The van der Waals surface area contributed by atoms with Crippen LogP contribution in [0, 0.1) is 0 Å². The molecule has 0 aliphatic heterocycles. The fraction of sp³-hybridized carbons (Fsp3) is 0.550. The third kappa shape index (κ3) is 9.63. The third-order valence-corrected chi connectivity index (χ3v) is 3.44. The number of nitrogens with zero attached hydrogens (tertiary/aromatic N) is 1. The Morgan fingerprint density at radius 2 is 1.48 bits per heavy atom. The molecule has 0 saturated carbocycles. The first kappa shape index (κ1) is 22.5. The van der Waals surface area contributed by atoms with E-state index >= 15 is 0 Å². The molecule has 1 aromatic rings. The van der Waals surface area contributed by atoms with Gasteiger partial charge in [-0.15, -0.1) is 0 Å². The van der Waals surface area contributed by atoms with E-state index in [0.29, 0.717) is 18.8 Å². The molecule has 1 aromatic carbocycles. The standard InChI is InChI=1S/C20H30N2O5/c1-14(2)26-19(24)9-11-22(12-10-20(25)27-15(3)4)18-8-6-7-17(13-18)21-16(5)23/h6-8,13-15H,9-12H2,1-5H3,(H,21,23). The molecule has 1 rings (SSSR count). The molecule has 0 aliphatic rings. The van der Waals surface area contributed by atoms with Gasteiger partial charge in [-0.25, -0.2) is 0 Å². The van der Waals surface area contributed by atoms with Crippen molar-refractivity contribution in [3.05, 3.63) is 24.3 Å². The van der Waals surface area contributed by atoms with E-state index in [1.807, 2.05) is 23.1 Å². The van der Waals surface area contributed by atoms with Crippen LogP contribution in [-0.2, 0) is 23.9 Å². The van der Waals surface area contributed by atoms with Gasteiger partial charge < -0.3 is 19.7 Å². The van der Waals surface area contributed by atoms with E-state index in [0.717, 1.165) is 5.69 Å². The van der Waals surface area contributed by atoms with Crippen LogP contribution in [0.5, 0.6) is 0 Å². The van der Waals surface area contributed by atoms with Crippen molar-refractivity contribution in [2.75, 3.05) is 23.3 Å². The van der Waals surface area contributed by atoms with Crippen molar-refractivity contribution in [3.8, 4) is 0 Å². The van der Waals surface area contributed by atoms with E-state index in [1.165, 1.54) is 6.92 Å². The van der Waals surface area contributed by atoms with Crippen LogP contribution in [0.1, 0.15) is 47.5 Å². The molecule has 1 amide bonds. The van der Waals surface area contributed by atoms with Crippen LogP contribution in [0.2, 0.25) is 0 Å². The molecular weight excluding hydrogens is 348 g/mol. The van der Waals surface area contributed by atoms with E-state index in [9.17, 15) is 14.4 Å². The Kier molecular flexibility index (Phi) is 9.33. The molecule has 0 atom stereocenters. The Bertz CT molecular complexity index is 617. The van der Waals surface area contributed by atoms with Gasteiger partial charge in [0.1, 0.15) is 0 Å². The maximum Gasteiger partial charge on any atom is 0.307 e. The zero-order valence-corrected chi connectivity index (χ0v) is 16.8. The van der Waals surface area contributed by atoms with Gasteiger partial charge in [-0.05, 0) is 45.9 Å². The van der Waals surface area contributed by atoms with Crippen LogP contribution in [-0.4, -0.2) is 43.1 Å². The third-order valence-electron chi connectivity index (χ3n) is 3.44. The molecule has 0 spiro atoms. The first-order valence-electron chi connectivity index (χ1n) is 9.19. The summed E-state index contributed by atoms with van der Waals surface area (Å²) in [7, 11) is 0. The van der Waals surface area contributed by atoms with E-state index in [-0.39, 0.29) is 42.9 Å². The number of amides is 1. The highest BCUT2D eigenvalue weighted by atomic mass is 16.5. The smallest absolute Gasteiger partial charge is 0.307 e. The van der Waals surface area contributed by atoms with Gasteiger partial charge in [-0.2, -0.15) is 0 Å². The van der Waals surface area contributed by atoms with Crippen LogP contribution in [0.25, 0.3) is 0 Å². The first-order valence-corrected chi connectivity index (χ1v) is 9.19. The maximum atomic E-state index is 11.9. The Morgan fingerprint density at radius 1 is 0.963 bits per heavy atom. The molecule has 0 fully saturated rings. The molecule has 0 aliphatic carbocycles. The summed E-state index contributed by atoms with van der Waals surface area (Å²) in [6.07, 6.45) is 0.0499. The van der Waals surface area contributed by atoms with Gasteiger partial charge in [0.05, 0.1) is 25.0 Å². The highest BCUT2D eigenvalue weighted by Crippen LogP contribution is 2.20. The molecule has 7 nitrogen and oxygen atoms in total. The van der Waals surface area contributed by atoms with Crippen LogP contribution < -0.4 is 10.2 Å². The molecule has 0 radical (unpaired) electrons. The number of carbonyl (C=O) groups is 3. The van der Waals surface area contributed by atoms with E-state index in [2.05, 4.69) is 5.32 Å². The van der Waals surface area contributed by atoms with Gasteiger partial charge in [0.15, 0.2) is 0 Å². The van der Waals surface area contributed by atoms with Crippen molar-refractivity contribution in [2.45, 2.75) is 59.7 Å². The molecule has 0 aromatic heterocycles. The Morgan fingerprint density at radius 3 is 1.93 bits per heavy atom. The van der Waals surface area contributed by atoms with Crippen molar-refractivity contribution in [3.63, 3.8) is 0 Å². The molecular formula is C20H30N2O5. The molecule has 1 N–H and O–H groups in total. The lowest BCUT2D eigenvalue weighted by molar-refractivity contribution is -0.147. The van der Waals surface area contributed by atoms with Crippen molar-refractivity contribution in [1.82, 2.24) is 0 Å². The second kappa shape index (κ2) is 11.2. The molecule has 27 heavy (non-hydrogen) atoms. The summed E-state index contributed by atoms with van der Waals surface area (Å²) in [6.45, 7) is 9.42. The Hall–Kier alpha value is -2.57. The van der Waals surface area contributed by atoms with E-state index in [4.69, 9.17) is 9.47 Å². The summed E-state index contributed by atoms with van der Waals surface area (Å²) in [4.78, 5) is 37.0. The molecule has 0 saturated heterocycles. The Labute approximate surface area is 161 Å². The average Bonchev–Trinajstić information content (AvgIpc) is 2.53. The number of nitrogens with one attached hydrogen (secondary N) is 1. The fourth-order valence-corrected chi connectivity index (χ4v) is 2.45. The number of ether oxygens (including phenoxy) is 2. The summed E-state index contributed by atoms with van der Waals surface area (Å²) in [5.74, 6) is -0.754. The average molecular weight is 378 g/mol. The van der Waals surface area contributed by atoms with Gasteiger partial charge in [-0.1, -0.05) is 6.07 Å². The Balaban J connectivity index is 2.84. The monoisotopic (exact) mass is 378 g/mol. The number of benzene rings is 1. The lowest BCUT2D eigenvalue weighted by Gasteiger charge is -2.25. The topological polar surface area (TPSA) is 84.9 Å². The maximum absolute atomic E-state index is 11.9. The zero-order valence-electron chi connectivity index (χ0n) is 16.8. The second-order valence-electron chi connectivity index (χ2n) is 6.80. The summed E-state index contributed by atoms with van der Waals surface area (Å²) in [5.41, 5.74) is 1.45. The van der Waals surface area contributed by atoms with Crippen molar-refractivity contribution in [2.24, 2.45) is 0 Å². The van der Waals surface area contributed by atoms with Gasteiger partial charge in [-0.3, -0.25) is 14.4 Å². The summed E-state index contributed by atoms with van der Waals surface area (Å²) >= 11 is 0. The highest BCUT2D eigenvalue weighted by Gasteiger charge is 2.15. The predicted octanol–water partition coefficient (Wildman–Crippen LogP) is 3.13. The molecule has 7 heteroatoms. The van der Waals surface area contributed by atoms with E-state index in [1.54, 1.807) is 33.8 Å². The molecule has 0 bridgehead atoms. The van der Waals surface area contributed by atoms with Crippen molar-refractivity contribution >= 4 is 29.2 Å². The number of hydrogen-bond acceptors (Lipinski definition) is 6. The normalized spacial score (nSPS) is 10.6. The minimum atomic E-state index is -0.294. The molecule has 0 heterocycles. The minimum Gasteiger partial charge on any atom is -0.463 e. The van der Waals surface area contributed by atoms with Crippen LogP contribution >= 0.6 is 0 Å². The van der Waals surface area contributed by atoms with Crippen LogP contribution in [0.3, 0.4) is 0 Å². The lowest BCUT2D eigenvalue weighted by Crippen LogP contribution is -2.30. The van der Waals surface area contributed by atoms with Gasteiger partial charge in [0.2, 0.25) is 5.91 Å². The summed E-state index contributed by atoms with van der Waals surface area (Å²) < 4.78 is 10.4. The zero-order chi connectivity index (χ0) is 20.4. The summed E-state index contributed by atoms with van der Waals surface area (Å²) in [6, 6.07) is 7.27. The lowest BCUT2D eigenvalue weighted by atomic mass is 10.2. The van der Waals surface area contributed by atoms with Crippen molar-refractivity contribution in [1.29, 1.82) is 0 Å². The van der Waals surface area contributed by atoms with Gasteiger partial charge >= 0.3 is 11.9 Å². The summed E-state index contributed by atoms with van der Waals surface area (Å²) in [5, 5.41) is 2.73. The predicted molar refractivity (Wildman–Crippen MR) is 105 cm³/mol. The quantitative estimate of drug-likeness (QED) is 0.630. The number of hydrogen-bond donors (Lipinski definition) is 1. The van der Waals surface area contributed by atoms with Crippen LogP contribution in [0.4, 0.5) is 11.4 Å². The molecule has 150 valence electrons. The molecule has 0 unspecified atom stereocenters. The number of esters is 2. The number of anilines is 2. The number of carbonyl (C=O) groups excluding carboxylic acids is 3. The van der Waals surface area contributed by atoms with E-state index < -0.39 is 0 Å². The second-order valence-corrected chi connectivity index (χ2v) is 6.80. The van der Waals surface area contributed by atoms with Gasteiger partial charge in [0, 0.05) is 31.4 Å². The van der Waals surface area contributed by atoms with Crippen LogP contribution in [0.15, 0.2) is 24.3 Å². The largest absolute Gasteiger partial charge is 0.463 e. The fourth-order valence-electron chi connectivity index (χ4n) is 2.45.